The lowest BCUT2D eigenvalue weighted by Crippen LogP contribution is -2.41. The summed E-state index contributed by atoms with van der Waals surface area (Å²) in [6.45, 7) is 2.01. The molecule has 0 fully saturated rings. The number of carboxylic acids is 1. The number of phenolic OH excluding ortho intramolecular Hbond substituents is 1. The zero-order valence-corrected chi connectivity index (χ0v) is 23.6. The van der Waals surface area contributed by atoms with E-state index in [-0.39, 0.29) is 11.7 Å². The molecule has 3 N–H and O–H groups in total. The van der Waals surface area contributed by atoms with Crippen LogP contribution in [0.15, 0.2) is 85.1 Å². The number of aliphatic carboxylic acids is 1. The van der Waals surface area contributed by atoms with E-state index in [1.165, 1.54) is 0 Å². The number of hydrogen-bond acceptors (Lipinski definition) is 5. The van der Waals surface area contributed by atoms with Gasteiger partial charge in [-0.05, 0) is 95.8 Å². The van der Waals surface area contributed by atoms with Crippen LogP contribution in [0.3, 0.4) is 0 Å². The number of aromatic nitrogens is 1. The molecule has 0 bridgehead atoms. The first kappa shape index (κ1) is 28.9. The lowest BCUT2D eigenvalue weighted by atomic mass is 9.91. The van der Waals surface area contributed by atoms with Gasteiger partial charge in [0.15, 0.2) is 0 Å². The molecule has 1 atom stereocenters. The van der Waals surface area contributed by atoms with E-state index in [1.807, 2.05) is 67.8 Å². The van der Waals surface area contributed by atoms with E-state index in [0.717, 1.165) is 51.9 Å². The molecule has 0 radical (unpaired) electrons. The number of aromatic hydroxyl groups is 1. The molecule has 0 aliphatic heterocycles. The molecular weight excluding hydrogens is 520 g/mol. The molecule has 7 heteroatoms. The van der Waals surface area contributed by atoms with Crippen molar-refractivity contribution >= 4 is 23.6 Å². The fraction of sp³-hybridized carbons (Fsp3) is 0.242. The molecule has 1 amide bonds. The van der Waals surface area contributed by atoms with Crippen molar-refractivity contribution in [2.24, 2.45) is 0 Å². The molecule has 0 spiro atoms. The van der Waals surface area contributed by atoms with E-state index in [4.69, 9.17) is 0 Å². The van der Waals surface area contributed by atoms with E-state index >= 15 is 0 Å². The highest BCUT2D eigenvalue weighted by Crippen LogP contribution is 2.29. The summed E-state index contributed by atoms with van der Waals surface area (Å²) in [6.07, 6.45) is 6.27. The Balaban J connectivity index is 1.59. The molecule has 0 saturated carbocycles. The topological polar surface area (TPSA) is 99.5 Å². The van der Waals surface area contributed by atoms with Gasteiger partial charge in [-0.2, -0.15) is 11.8 Å². The van der Waals surface area contributed by atoms with Gasteiger partial charge in [0.2, 0.25) is 0 Å². The van der Waals surface area contributed by atoms with Gasteiger partial charge in [-0.15, -0.1) is 0 Å². The normalized spacial score (nSPS) is 11.7. The summed E-state index contributed by atoms with van der Waals surface area (Å²) in [4.78, 5) is 29.7. The third-order valence-corrected chi connectivity index (χ3v) is 7.60. The van der Waals surface area contributed by atoms with Crippen LogP contribution in [0.4, 0.5) is 0 Å². The fourth-order valence-electron chi connectivity index (χ4n) is 4.72. The van der Waals surface area contributed by atoms with Crippen LogP contribution in [0.2, 0.25) is 0 Å². The van der Waals surface area contributed by atoms with E-state index < -0.39 is 12.0 Å². The summed E-state index contributed by atoms with van der Waals surface area (Å²) in [5.74, 6) is -0.535. The van der Waals surface area contributed by atoms with Gasteiger partial charge in [0.25, 0.3) is 5.91 Å². The van der Waals surface area contributed by atoms with Crippen LogP contribution in [-0.4, -0.2) is 45.1 Å². The average Bonchev–Trinajstić information content (AvgIpc) is 2.96. The van der Waals surface area contributed by atoms with Crippen LogP contribution in [0.25, 0.3) is 11.1 Å². The van der Waals surface area contributed by atoms with Gasteiger partial charge in [-0.1, -0.05) is 54.6 Å². The van der Waals surface area contributed by atoms with Crippen molar-refractivity contribution in [2.75, 3.05) is 12.0 Å². The molecule has 0 unspecified atom stereocenters. The zero-order valence-electron chi connectivity index (χ0n) is 22.8. The molecular formula is C33H34N2O4S. The van der Waals surface area contributed by atoms with Crippen molar-refractivity contribution in [1.82, 2.24) is 10.3 Å². The Morgan fingerprint density at radius 1 is 0.925 bits per heavy atom. The van der Waals surface area contributed by atoms with Gasteiger partial charge >= 0.3 is 5.97 Å². The van der Waals surface area contributed by atoms with Crippen LogP contribution >= 0.6 is 11.8 Å². The van der Waals surface area contributed by atoms with Crippen LogP contribution in [0.1, 0.15) is 44.7 Å². The predicted octanol–water partition coefficient (Wildman–Crippen LogP) is 6.07. The third-order valence-electron chi connectivity index (χ3n) is 6.95. The summed E-state index contributed by atoms with van der Waals surface area (Å²) >= 11 is 1.55. The zero-order chi connectivity index (χ0) is 28.5. The fourth-order valence-corrected chi connectivity index (χ4v) is 5.19. The van der Waals surface area contributed by atoms with Gasteiger partial charge in [-0.25, -0.2) is 4.79 Å². The molecule has 206 valence electrons. The standard InChI is InChI=1S/C33H34N2O4S/c1-22-6-3-4-8-27(22)29-20-23(12-16-28(29)32(37)35-30(33(38)39)17-19-40-2)9-13-25-7-5-18-34-31(25)21-24-10-14-26(36)15-11-24/h3-8,10-12,14-16,18,20,30,36H,9,13,17,19,21H2,1-2H3,(H,35,37)(H,38,39)/t30-/m0/s1. The highest BCUT2D eigenvalue weighted by Gasteiger charge is 2.23. The van der Waals surface area contributed by atoms with Crippen molar-refractivity contribution < 1.29 is 19.8 Å². The van der Waals surface area contributed by atoms with Crippen LogP contribution < -0.4 is 5.32 Å². The second-order valence-corrected chi connectivity index (χ2v) is 10.8. The van der Waals surface area contributed by atoms with E-state index in [9.17, 15) is 19.8 Å². The van der Waals surface area contributed by atoms with Gasteiger partial charge in [0.05, 0.1) is 0 Å². The average molecular weight is 555 g/mol. The first-order valence-corrected chi connectivity index (χ1v) is 14.7. The SMILES string of the molecule is CSCC[C@H](NC(=O)c1ccc(CCc2cccnc2Cc2ccc(O)cc2)cc1-c1ccccc1C)C(=O)O. The summed E-state index contributed by atoms with van der Waals surface area (Å²) in [6, 6.07) is 24.0. The molecule has 4 aromatic rings. The Labute approximate surface area is 239 Å². The van der Waals surface area contributed by atoms with Gasteiger partial charge < -0.3 is 15.5 Å². The maximum Gasteiger partial charge on any atom is 0.326 e. The number of nitrogens with zero attached hydrogens (tertiary/aromatic N) is 1. The number of carbonyl (C=O) groups is 2. The number of aryl methyl sites for hydroxylation is 3. The molecule has 0 aliphatic carbocycles. The summed E-state index contributed by atoms with van der Waals surface area (Å²) in [5, 5.41) is 22.0. The maximum atomic E-state index is 13.4. The van der Waals surface area contributed by atoms with Gasteiger partial charge in [0.1, 0.15) is 11.8 Å². The minimum atomic E-state index is -1.03. The predicted molar refractivity (Wildman–Crippen MR) is 161 cm³/mol. The Morgan fingerprint density at radius 3 is 2.40 bits per heavy atom. The van der Waals surface area contributed by atoms with E-state index in [2.05, 4.69) is 16.4 Å². The monoisotopic (exact) mass is 554 g/mol. The summed E-state index contributed by atoms with van der Waals surface area (Å²) < 4.78 is 0. The second kappa shape index (κ2) is 13.8. The number of pyridine rings is 1. The summed E-state index contributed by atoms with van der Waals surface area (Å²) in [5.41, 5.74) is 7.52. The molecule has 1 aromatic heterocycles. The number of rotatable bonds is 12. The Morgan fingerprint density at radius 2 is 1.68 bits per heavy atom. The largest absolute Gasteiger partial charge is 0.508 e. The number of hydrogen-bond donors (Lipinski definition) is 3. The molecule has 0 aliphatic rings. The van der Waals surface area contributed by atoms with Crippen molar-refractivity contribution in [3.8, 4) is 16.9 Å². The number of carboxylic acid groups (broad SMARTS) is 1. The highest BCUT2D eigenvalue weighted by atomic mass is 32.2. The summed E-state index contributed by atoms with van der Waals surface area (Å²) in [7, 11) is 0. The quantitative estimate of drug-likeness (QED) is 0.196. The first-order valence-electron chi connectivity index (χ1n) is 13.3. The molecule has 40 heavy (non-hydrogen) atoms. The molecule has 0 saturated heterocycles. The second-order valence-electron chi connectivity index (χ2n) is 9.79. The number of phenols is 1. The number of amides is 1. The van der Waals surface area contributed by atoms with Gasteiger partial charge in [0, 0.05) is 23.9 Å². The molecule has 4 rings (SSSR count). The lowest BCUT2D eigenvalue weighted by Gasteiger charge is -2.18. The Hall–Kier alpha value is -4.10. The molecule has 3 aromatic carbocycles. The third kappa shape index (κ3) is 7.51. The number of benzene rings is 3. The van der Waals surface area contributed by atoms with Crippen molar-refractivity contribution in [2.45, 2.75) is 38.6 Å². The van der Waals surface area contributed by atoms with Crippen LogP contribution in [0.5, 0.6) is 5.75 Å². The number of thioether (sulfide) groups is 1. The van der Waals surface area contributed by atoms with Crippen molar-refractivity contribution in [1.29, 1.82) is 0 Å². The van der Waals surface area contributed by atoms with E-state index in [0.29, 0.717) is 24.2 Å². The number of carbonyl (C=O) groups excluding carboxylic acids is 1. The Bertz CT molecular complexity index is 1470. The van der Waals surface area contributed by atoms with Crippen molar-refractivity contribution in [3.05, 3.63) is 119 Å². The maximum absolute atomic E-state index is 13.4. The number of nitrogens with one attached hydrogen (secondary N) is 1. The van der Waals surface area contributed by atoms with Crippen molar-refractivity contribution in [3.63, 3.8) is 0 Å². The molecule has 1 heterocycles. The minimum Gasteiger partial charge on any atom is -0.508 e. The van der Waals surface area contributed by atoms with Crippen LogP contribution in [-0.2, 0) is 24.1 Å². The smallest absolute Gasteiger partial charge is 0.326 e. The van der Waals surface area contributed by atoms with Crippen LogP contribution in [0, 0.1) is 6.92 Å². The lowest BCUT2D eigenvalue weighted by molar-refractivity contribution is -0.139. The molecule has 6 nitrogen and oxygen atoms in total. The van der Waals surface area contributed by atoms with E-state index in [1.54, 1.807) is 36.2 Å². The minimum absolute atomic E-state index is 0.241. The highest BCUT2D eigenvalue weighted by molar-refractivity contribution is 7.98. The first-order chi connectivity index (χ1) is 19.4. The Kier molecular flexibility index (Phi) is 9.97. The van der Waals surface area contributed by atoms with Gasteiger partial charge in [-0.3, -0.25) is 9.78 Å².